The van der Waals surface area contributed by atoms with E-state index in [1.165, 1.54) is 0 Å². The summed E-state index contributed by atoms with van der Waals surface area (Å²) in [6, 6.07) is 29.4. The fourth-order valence-electron chi connectivity index (χ4n) is 4.87. The van der Waals surface area contributed by atoms with E-state index in [0.29, 0.717) is 16.3 Å². The third kappa shape index (κ3) is 4.52. The van der Waals surface area contributed by atoms with Gasteiger partial charge in [0.2, 0.25) is 0 Å². The van der Waals surface area contributed by atoms with E-state index in [1.807, 2.05) is 72.8 Å². The lowest BCUT2D eigenvalue weighted by atomic mass is 9.80. The Morgan fingerprint density at radius 2 is 1.65 bits per heavy atom. The van der Waals surface area contributed by atoms with Crippen LogP contribution in [-0.4, -0.2) is 29.4 Å². The van der Waals surface area contributed by atoms with E-state index in [-0.39, 0.29) is 0 Å². The maximum absolute atomic E-state index is 14.0. The number of Topliss-reactive ketones (excluding diaryl/α,β-unsaturated/α-hetero) is 1. The zero-order valence-corrected chi connectivity index (χ0v) is 20.6. The molecule has 1 fully saturated rings. The van der Waals surface area contributed by atoms with Crippen LogP contribution in [0.5, 0.6) is 0 Å². The molecule has 7 nitrogen and oxygen atoms in total. The molecule has 1 aliphatic heterocycles. The summed E-state index contributed by atoms with van der Waals surface area (Å²) >= 11 is 6.31. The van der Waals surface area contributed by atoms with E-state index >= 15 is 0 Å². The Bertz CT molecular complexity index is 1530. The quantitative estimate of drug-likeness (QED) is 0.108. The summed E-state index contributed by atoms with van der Waals surface area (Å²) in [6.45, 7) is 0. The number of rotatable bonds is 6. The topological polar surface area (TPSA) is 92.2 Å². The number of benzene rings is 4. The number of carbonyl (C=O) groups is 2. The van der Waals surface area contributed by atoms with Gasteiger partial charge in [-0.1, -0.05) is 84.4 Å². The largest absolute Gasteiger partial charge is 0.460 e. The SMILES string of the molecule is COC(=O)C(=[N+]=[N-])C(=O)[C@@H]1[C@@H](c2cccc(Cl)c2)ON(c2ccccc2)[C@H]1c1cccc2ccccc12. The number of nitrogens with zero attached hydrogens (tertiary/aromatic N) is 3. The Hall–Kier alpha value is -4.29. The minimum atomic E-state index is -1.04. The van der Waals surface area contributed by atoms with Crippen LogP contribution in [0.1, 0.15) is 23.3 Å². The van der Waals surface area contributed by atoms with E-state index in [2.05, 4.69) is 4.79 Å². The molecule has 1 saturated heterocycles. The first-order chi connectivity index (χ1) is 18.0. The van der Waals surface area contributed by atoms with Crippen molar-refractivity contribution in [3.63, 3.8) is 0 Å². The smallest absolute Gasteiger partial charge is 0.441 e. The van der Waals surface area contributed by atoms with E-state index in [1.54, 1.807) is 29.3 Å². The molecule has 0 N–H and O–H groups in total. The molecule has 8 heteroatoms. The van der Waals surface area contributed by atoms with Gasteiger partial charge in [-0.25, -0.2) is 9.86 Å². The van der Waals surface area contributed by atoms with Gasteiger partial charge in [0.25, 0.3) is 5.78 Å². The Morgan fingerprint density at radius 1 is 0.946 bits per heavy atom. The van der Waals surface area contributed by atoms with Crippen LogP contribution in [0, 0.1) is 5.92 Å². The fourth-order valence-corrected chi connectivity index (χ4v) is 5.07. The van der Waals surface area contributed by atoms with Crippen molar-refractivity contribution in [3.8, 4) is 0 Å². The van der Waals surface area contributed by atoms with Crippen molar-refractivity contribution in [2.24, 2.45) is 5.92 Å². The molecule has 0 radical (unpaired) electrons. The predicted octanol–water partition coefficient (Wildman–Crippen LogP) is 5.76. The lowest BCUT2D eigenvalue weighted by Crippen LogP contribution is -2.37. The van der Waals surface area contributed by atoms with Crippen LogP contribution in [0.15, 0.2) is 97.1 Å². The first-order valence-electron chi connectivity index (χ1n) is 11.6. The number of fused-ring (bicyclic) bond motifs is 1. The van der Waals surface area contributed by atoms with Crippen LogP contribution in [0.3, 0.4) is 0 Å². The zero-order chi connectivity index (χ0) is 25.9. The molecule has 4 aromatic rings. The van der Waals surface area contributed by atoms with Gasteiger partial charge in [0.05, 0.1) is 24.8 Å². The minimum absolute atomic E-state index is 0.469. The highest BCUT2D eigenvalue weighted by molar-refractivity contribution is 6.62. The molecule has 0 aliphatic carbocycles. The molecule has 0 unspecified atom stereocenters. The molecule has 5 rings (SSSR count). The summed E-state index contributed by atoms with van der Waals surface area (Å²) in [6.07, 6.45) is -0.850. The Labute approximate surface area is 218 Å². The maximum Gasteiger partial charge on any atom is 0.441 e. The number of ketones is 1. The summed E-state index contributed by atoms with van der Waals surface area (Å²) in [4.78, 5) is 36.0. The second-order valence-electron chi connectivity index (χ2n) is 8.59. The molecule has 0 bridgehead atoms. The fraction of sp³-hybridized carbons (Fsp3) is 0.138. The van der Waals surface area contributed by atoms with Crippen molar-refractivity contribution in [2.45, 2.75) is 12.1 Å². The molecule has 184 valence electrons. The molecular formula is C29H22ClN3O4. The lowest BCUT2D eigenvalue weighted by molar-refractivity contribution is -0.140. The number of hydroxylamine groups is 1. The first-order valence-corrected chi connectivity index (χ1v) is 12.0. The highest BCUT2D eigenvalue weighted by Gasteiger charge is 2.54. The number of halogens is 1. The number of anilines is 1. The van der Waals surface area contributed by atoms with Crippen molar-refractivity contribution in [3.05, 3.63) is 119 Å². The lowest BCUT2D eigenvalue weighted by Gasteiger charge is -2.27. The number of esters is 1. The summed E-state index contributed by atoms with van der Waals surface area (Å²) in [5, 5.41) is 4.05. The molecule has 37 heavy (non-hydrogen) atoms. The molecule has 1 heterocycles. The van der Waals surface area contributed by atoms with Gasteiger partial charge >= 0.3 is 11.7 Å². The van der Waals surface area contributed by atoms with E-state index < -0.39 is 35.5 Å². The number of ether oxygens (including phenoxy) is 1. The van der Waals surface area contributed by atoms with Crippen molar-refractivity contribution in [1.29, 1.82) is 0 Å². The van der Waals surface area contributed by atoms with E-state index in [9.17, 15) is 15.1 Å². The molecule has 0 amide bonds. The third-order valence-electron chi connectivity index (χ3n) is 6.49. The van der Waals surface area contributed by atoms with Crippen molar-refractivity contribution in [1.82, 2.24) is 0 Å². The highest BCUT2D eigenvalue weighted by atomic mass is 35.5. The minimum Gasteiger partial charge on any atom is -0.460 e. The zero-order valence-electron chi connectivity index (χ0n) is 19.8. The van der Waals surface area contributed by atoms with Crippen LogP contribution in [0.2, 0.25) is 5.02 Å². The van der Waals surface area contributed by atoms with Gasteiger partial charge in [0.1, 0.15) is 6.10 Å². The average molecular weight is 512 g/mol. The average Bonchev–Trinajstić information content (AvgIpc) is 3.34. The number of para-hydroxylation sites is 1. The monoisotopic (exact) mass is 511 g/mol. The van der Waals surface area contributed by atoms with Gasteiger partial charge < -0.3 is 10.3 Å². The molecular weight excluding hydrogens is 490 g/mol. The number of hydrogen-bond acceptors (Lipinski definition) is 5. The van der Waals surface area contributed by atoms with Crippen LogP contribution >= 0.6 is 11.6 Å². The van der Waals surface area contributed by atoms with Crippen LogP contribution in [0.25, 0.3) is 16.3 Å². The van der Waals surface area contributed by atoms with Crippen LogP contribution in [0.4, 0.5) is 5.69 Å². The summed E-state index contributed by atoms with van der Waals surface area (Å²) in [5.41, 5.74) is 11.1. The van der Waals surface area contributed by atoms with Crippen molar-refractivity contribution >= 4 is 45.5 Å². The Morgan fingerprint density at radius 3 is 2.38 bits per heavy atom. The molecule has 0 spiro atoms. The molecule has 4 aromatic carbocycles. The second-order valence-corrected chi connectivity index (χ2v) is 9.02. The Kier molecular flexibility index (Phi) is 6.84. The standard InChI is InChI=1S/C29H22ClN3O4/c1-36-29(35)25(32-31)27(34)24-26(23-16-8-10-18-9-5-6-15-22(18)23)33(21-13-3-2-4-14-21)37-28(24)19-11-7-12-20(30)17-19/h2-17,24,26,28H,1H3/t24-,26+,28-/m1/s1. The number of hydrogen-bond donors (Lipinski definition) is 0. The molecule has 0 saturated carbocycles. The van der Waals surface area contributed by atoms with Crippen LogP contribution in [-0.2, 0) is 19.2 Å². The molecule has 0 aromatic heterocycles. The summed E-state index contributed by atoms with van der Waals surface area (Å²) in [5.74, 6) is -2.74. The van der Waals surface area contributed by atoms with Crippen molar-refractivity contribution in [2.75, 3.05) is 12.2 Å². The van der Waals surface area contributed by atoms with E-state index in [0.717, 1.165) is 23.4 Å². The van der Waals surface area contributed by atoms with Crippen molar-refractivity contribution < 1.29 is 24.0 Å². The first kappa shape index (κ1) is 24.4. The predicted molar refractivity (Wildman–Crippen MR) is 140 cm³/mol. The summed E-state index contributed by atoms with van der Waals surface area (Å²) < 4.78 is 4.74. The maximum atomic E-state index is 14.0. The number of carbonyl (C=O) groups excluding carboxylic acids is 2. The van der Waals surface area contributed by atoms with E-state index in [4.69, 9.17) is 21.2 Å². The van der Waals surface area contributed by atoms with Gasteiger partial charge in [-0.2, -0.15) is 4.79 Å². The molecule has 3 atom stereocenters. The highest BCUT2D eigenvalue weighted by Crippen LogP contribution is 2.50. The third-order valence-corrected chi connectivity index (χ3v) is 6.73. The van der Waals surface area contributed by atoms with Gasteiger partial charge in [0.15, 0.2) is 0 Å². The van der Waals surface area contributed by atoms with Gasteiger partial charge in [-0.15, -0.1) is 0 Å². The van der Waals surface area contributed by atoms with Crippen LogP contribution < -0.4 is 5.06 Å². The molecule has 1 aliphatic rings. The second kappa shape index (κ2) is 10.4. The Balaban J connectivity index is 1.77. The van der Waals surface area contributed by atoms with Gasteiger partial charge in [0, 0.05) is 5.02 Å². The number of methoxy groups -OCH3 is 1. The normalized spacial score (nSPS) is 18.9. The van der Waals surface area contributed by atoms with Gasteiger partial charge in [-0.3, -0.25) is 9.63 Å². The summed E-state index contributed by atoms with van der Waals surface area (Å²) in [7, 11) is 1.12. The van der Waals surface area contributed by atoms with Gasteiger partial charge in [-0.05, 0) is 46.2 Å².